The van der Waals surface area contributed by atoms with Gasteiger partial charge in [-0.1, -0.05) is 24.3 Å². The lowest BCUT2D eigenvalue weighted by molar-refractivity contribution is -0.121. The molecule has 0 atom stereocenters. The van der Waals surface area contributed by atoms with Gasteiger partial charge in [0.1, 0.15) is 0 Å². The smallest absolute Gasteiger partial charge is 0.220 e. The fraction of sp³-hybridized carbons (Fsp3) is 0.381. The van der Waals surface area contributed by atoms with E-state index in [4.69, 9.17) is 0 Å². The maximum absolute atomic E-state index is 12.1. The molecule has 2 heterocycles. The highest BCUT2D eigenvalue weighted by Gasteiger charge is 2.11. The maximum atomic E-state index is 12.1. The van der Waals surface area contributed by atoms with E-state index in [-0.39, 0.29) is 5.91 Å². The topological polar surface area (TPSA) is 59.8 Å². The van der Waals surface area contributed by atoms with E-state index in [1.807, 2.05) is 32.5 Å². The van der Waals surface area contributed by atoms with Gasteiger partial charge >= 0.3 is 0 Å². The zero-order chi connectivity index (χ0) is 19.4. The van der Waals surface area contributed by atoms with Crippen LogP contribution in [0.3, 0.4) is 0 Å². The standard InChI is InChI=1S/C21H26N4OS/c1-14-19(15(2)25(4)24-14)9-10-21(26)22-12-11-17-5-7-18(8-6-17)20-13-27-16(3)23-20/h5-8,13H,9-12H2,1-4H3,(H,22,26). The van der Waals surface area contributed by atoms with E-state index in [9.17, 15) is 4.79 Å². The maximum Gasteiger partial charge on any atom is 0.220 e. The molecule has 1 aromatic carbocycles. The first-order chi connectivity index (χ1) is 12.9. The first kappa shape index (κ1) is 19.3. The summed E-state index contributed by atoms with van der Waals surface area (Å²) >= 11 is 1.66. The number of aromatic nitrogens is 3. The van der Waals surface area contributed by atoms with Gasteiger partial charge in [-0.25, -0.2) is 4.98 Å². The number of amides is 1. The molecule has 0 unspecified atom stereocenters. The minimum absolute atomic E-state index is 0.0900. The molecule has 6 heteroatoms. The minimum Gasteiger partial charge on any atom is -0.356 e. The summed E-state index contributed by atoms with van der Waals surface area (Å²) < 4.78 is 1.87. The second-order valence-electron chi connectivity index (χ2n) is 6.82. The van der Waals surface area contributed by atoms with Crippen molar-refractivity contribution in [2.24, 2.45) is 7.05 Å². The molecule has 27 heavy (non-hydrogen) atoms. The SMILES string of the molecule is Cc1nc(-c2ccc(CCNC(=O)CCc3c(C)nn(C)c3C)cc2)cs1. The van der Waals surface area contributed by atoms with Gasteiger partial charge in [-0.05, 0) is 44.7 Å². The van der Waals surface area contributed by atoms with Gasteiger partial charge in [0.25, 0.3) is 0 Å². The fourth-order valence-electron chi connectivity index (χ4n) is 3.19. The van der Waals surface area contributed by atoms with Crippen LogP contribution in [-0.2, 0) is 24.7 Å². The van der Waals surface area contributed by atoms with Crippen LogP contribution < -0.4 is 5.32 Å². The van der Waals surface area contributed by atoms with Crippen molar-refractivity contribution in [1.29, 1.82) is 0 Å². The zero-order valence-electron chi connectivity index (χ0n) is 16.4. The summed E-state index contributed by atoms with van der Waals surface area (Å²) in [6.45, 7) is 6.71. The Morgan fingerprint density at radius 3 is 2.48 bits per heavy atom. The molecule has 0 saturated carbocycles. The van der Waals surface area contributed by atoms with Gasteiger partial charge in [0.15, 0.2) is 0 Å². The lowest BCUT2D eigenvalue weighted by Gasteiger charge is -2.07. The molecule has 0 bridgehead atoms. The molecule has 0 radical (unpaired) electrons. The number of thiazole rings is 1. The highest BCUT2D eigenvalue weighted by Crippen LogP contribution is 2.21. The van der Waals surface area contributed by atoms with Crippen LogP contribution in [0, 0.1) is 20.8 Å². The average molecular weight is 383 g/mol. The molecule has 142 valence electrons. The van der Waals surface area contributed by atoms with Gasteiger partial charge in [-0.15, -0.1) is 11.3 Å². The number of carbonyl (C=O) groups is 1. The second-order valence-corrected chi connectivity index (χ2v) is 7.88. The predicted octanol–water partition coefficient (Wildman–Crippen LogP) is 3.76. The van der Waals surface area contributed by atoms with E-state index in [1.54, 1.807) is 11.3 Å². The molecule has 0 spiro atoms. The molecule has 0 saturated heterocycles. The van der Waals surface area contributed by atoms with Crippen LogP contribution in [0.5, 0.6) is 0 Å². The summed E-state index contributed by atoms with van der Waals surface area (Å²) in [7, 11) is 1.94. The Morgan fingerprint density at radius 1 is 1.15 bits per heavy atom. The zero-order valence-corrected chi connectivity index (χ0v) is 17.2. The molecule has 3 rings (SSSR count). The van der Waals surface area contributed by atoms with Crippen molar-refractivity contribution in [2.75, 3.05) is 6.54 Å². The van der Waals surface area contributed by atoms with Crippen molar-refractivity contribution in [3.05, 3.63) is 57.2 Å². The van der Waals surface area contributed by atoms with Crippen LogP contribution in [0.25, 0.3) is 11.3 Å². The predicted molar refractivity (Wildman–Crippen MR) is 110 cm³/mol. The molecule has 1 amide bonds. The Bertz CT molecular complexity index is 924. The molecule has 2 aromatic heterocycles. The Morgan fingerprint density at radius 2 is 1.89 bits per heavy atom. The largest absolute Gasteiger partial charge is 0.356 e. The van der Waals surface area contributed by atoms with Crippen molar-refractivity contribution >= 4 is 17.2 Å². The number of nitrogens with zero attached hydrogens (tertiary/aromatic N) is 3. The number of carbonyl (C=O) groups excluding carboxylic acids is 1. The molecule has 5 nitrogen and oxygen atoms in total. The molecule has 0 aliphatic heterocycles. The first-order valence-electron chi connectivity index (χ1n) is 9.21. The van der Waals surface area contributed by atoms with Crippen LogP contribution in [0.2, 0.25) is 0 Å². The third kappa shape index (κ3) is 4.83. The monoisotopic (exact) mass is 382 g/mol. The Hall–Kier alpha value is -2.47. The van der Waals surface area contributed by atoms with Crippen molar-refractivity contribution in [3.63, 3.8) is 0 Å². The van der Waals surface area contributed by atoms with E-state index in [1.165, 1.54) is 11.1 Å². The first-order valence-corrected chi connectivity index (χ1v) is 10.1. The number of rotatable bonds is 7. The van der Waals surface area contributed by atoms with Gasteiger partial charge in [0, 0.05) is 36.7 Å². The highest BCUT2D eigenvalue weighted by molar-refractivity contribution is 7.09. The van der Waals surface area contributed by atoms with E-state index >= 15 is 0 Å². The average Bonchev–Trinajstić information content (AvgIpc) is 3.18. The number of nitrogens with one attached hydrogen (secondary N) is 1. The molecular formula is C21H26N4OS. The summed E-state index contributed by atoms with van der Waals surface area (Å²) in [6, 6.07) is 8.41. The Kier molecular flexibility index (Phi) is 6.06. The Labute approximate surface area is 164 Å². The molecule has 0 fully saturated rings. The van der Waals surface area contributed by atoms with E-state index in [0.29, 0.717) is 13.0 Å². The molecule has 0 aliphatic rings. The summed E-state index contributed by atoms with van der Waals surface area (Å²) in [6.07, 6.45) is 2.06. The summed E-state index contributed by atoms with van der Waals surface area (Å²) in [5.74, 6) is 0.0900. The van der Waals surface area contributed by atoms with E-state index in [2.05, 4.69) is 45.0 Å². The van der Waals surface area contributed by atoms with Crippen LogP contribution in [0.4, 0.5) is 0 Å². The third-order valence-corrected chi connectivity index (χ3v) is 5.64. The van der Waals surface area contributed by atoms with Crippen LogP contribution in [0.1, 0.15) is 33.9 Å². The van der Waals surface area contributed by atoms with Gasteiger partial charge in [0.05, 0.1) is 16.4 Å². The number of hydrogen-bond donors (Lipinski definition) is 1. The van der Waals surface area contributed by atoms with Crippen LogP contribution >= 0.6 is 11.3 Å². The lowest BCUT2D eigenvalue weighted by Crippen LogP contribution is -2.26. The fourth-order valence-corrected chi connectivity index (χ4v) is 3.81. The summed E-state index contributed by atoms with van der Waals surface area (Å²) in [5, 5.41) is 10.6. The van der Waals surface area contributed by atoms with Crippen LogP contribution in [0.15, 0.2) is 29.6 Å². The van der Waals surface area contributed by atoms with E-state index < -0.39 is 0 Å². The molecule has 0 aliphatic carbocycles. The van der Waals surface area contributed by atoms with Gasteiger partial charge in [-0.3, -0.25) is 9.48 Å². The summed E-state index contributed by atoms with van der Waals surface area (Å²) in [5.41, 5.74) is 6.70. The normalized spacial score (nSPS) is 11.0. The lowest BCUT2D eigenvalue weighted by atomic mass is 10.1. The van der Waals surface area contributed by atoms with Crippen molar-refractivity contribution in [3.8, 4) is 11.3 Å². The van der Waals surface area contributed by atoms with Gasteiger partial charge in [0.2, 0.25) is 5.91 Å². The van der Waals surface area contributed by atoms with E-state index in [0.717, 1.165) is 40.5 Å². The molecular weight excluding hydrogens is 356 g/mol. The quantitative estimate of drug-likeness (QED) is 0.677. The summed E-state index contributed by atoms with van der Waals surface area (Å²) in [4.78, 5) is 16.6. The number of benzene rings is 1. The second kappa shape index (κ2) is 8.48. The van der Waals surface area contributed by atoms with Crippen molar-refractivity contribution < 1.29 is 4.79 Å². The highest BCUT2D eigenvalue weighted by atomic mass is 32.1. The number of hydrogen-bond acceptors (Lipinski definition) is 4. The van der Waals surface area contributed by atoms with Crippen molar-refractivity contribution in [2.45, 2.75) is 40.0 Å². The minimum atomic E-state index is 0.0900. The number of aryl methyl sites for hydroxylation is 3. The molecule has 3 aromatic rings. The van der Waals surface area contributed by atoms with Gasteiger partial charge in [-0.2, -0.15) is 5.10 Å². The van der Waals surface area contributed by atoms with Crippen molar-refractivity contribution in [1.82, 2.24) is 20.1 Å². The van der Waals surface area contributed by atoms with Crippen LogP contribution in [-0.4, -0.2) is 27.2 Å². The van der Waals surface area contributed by atoms with Gasteiger partial charge < -0.3 is 5.32 Å². The molecule has 1 N–H and O–H groups in total. The third-order valence-electron chi connectivity index (χ3n) is 4.87. The Balaban J connectivity index is 1.44.